The molecule has 2 aliphatic heterocycles. The van der Waals surface area contributed by atoms with Gasteiger partial charge >= 0.3 is 0 Å². The van der Waals surface area contributed by atoms with E-state index in [9.17, 15) is 4.79 Å². The first-order chi connectivity index (χ1) is 15.3. The lowest BCUT2D eigenvalue weighted by atomic mass is 10.0. The number of rotatable bonds is 5. The number of carbonyl (C=O) groups excluding carboxylic acids is 1. The number of carbonyl (C=O) groups is 1. The molecule has 0 aliphatic carbocycles. The van der Waals surface area contributed by atoms with Crippen molar-refractivity contribution in [1.82, 2.24) is 9.80 Å². The van der Waals surface area contributed by atoms with Gasteiger partial charge in [0.15, 0.2) is 0 Å². The van der Waals surface area contributed by atoms with Crippen molar-refractivity contribution >= 4 is 27.3 Å². The molecule has 3 heterocycles. The predicted molar refractivity (Wildman–Crippen MR) is 124 cm³/mol. The Balaban J connectivity index is 1.39. The third-order valence-electron chi connectivity index (χ3n) is 6.16. The maximum atomic E-state index is 13.4. The topological polar surface area (TPSA) is 42.0 Å². The van der Waals surface area contributed by atoms with Crippen molar-refractivity contribution in [2.45, 2.75) is 12.5 Å². The number of hydrogen-bond acceptors (Lipinski definition) is 5. The van der Waals surface area contributed by atoms with Gasteiger partial charge in [-0.1, -0.05) is 48.5 Å². The highest BCUT2D eigenvalue weighted by molar-refractivity contribution is 7.21. The summed E-state index contributed by atoms with van der Waals surface area (Å²) in [4.78, 5) is 18.7. The van der Waals surface area contributed by atoms with Gasteiger partial charge in [0.25, 0.3) is 5.91 Å². The van der Waals surface area contributed by atoms with E-state index in [-0.39, 0.29) is 12.0 Å². The Morgan fingerprint density at radius 3 is 2.58 bits per heavy atom. The second-order valence-corrected chi connectivity index (χ2v) is 9.19. The van der Waals surface area contributed by atoms with E-state index in [0.29, 0.717) is 32.9 Å². The maximum absolute atomic E-state index is 13.4. The predicted octanol–water partition coefficient (Wildman–Crippen LogP) is 3.99. The molecule has 1 aromatic heterocycles. The average Bonchev–Trinajstić information content (AvgIpc) is 3.23. The number of thiophene rings is 1. The minimum atomic E-state index is -0.0827. The molecule has 0 bridgehead atoms. The zero-order valence-corrected chi connectivity index (χ0v) is 18.5. The highest BCUT2D eigenvalue weighted by Crippen LogP contribution is 2.39. The van der Waals surface area contributed by atoms with Crippen LogP contribution in [0.1, 0.15) is 26.9 Å². The van der Waals surface area contributed by atoms with E-state index >= 15 is 0 Å². The fourth-order valence-electron chi connectivity index (χ4n) is 4.47. The summed E-state index contributed by atoms with van der Waals surface area (Å²) in [5.74, 6) is 0.115. The summed E-state index contributed by atoms with van der Waals surface area (Å²) in [6, 6.07) is 18.9. The molecule has 1 atom stereocenters. The van der Waals surface area contributed by atoms with Crippen molar-refractivity contribution in [3.63, 3.8) is 0 Å². The Hall–Kier alpha value is -2.25. The average molecular weight is 437 g/mol. The molecule has 0 N–H and O–H groups in total. The third kappa shape index (κ3) is 4.53. The minimum absolute atomic E-state index is 0.0827. The Kier molecular flexibility index (Phi) is 6.32. The van der Waals surface area contributed by atoms with E-state index in [1.165, 1.54) is 5.56 Å². The standard InChI is InChI=1S/C25H28N2O3S/c28-25(27-13-15-29-16-14-27)24-23(20-8-4-5-9-22(20)31-24)21-18-26(12-17-30-21)11-10-19-6-2-1-3-7-19/h1-9,21H,10-18H2. The molecule has 1 amide bonds. The largest absolute Gasteiger partial charge is 0.378 e. The first-order valence-corrected chi connectivity index (χ1v) is 11.9. The van der Waals surface area contributed by atoms with Crippen molar-refractivity contribution in [2.24, 2.45) is 0 Å². The lowest BCUT2D eigenvalue weighted by Crippen LogP contribution is -2.42. The van der Waals surface area contributed by atoms with Gasteiger partial charge in [0, 0.05) is 43.0 Å². The van der Waals surface area contributed by atoms with Crippen LogP contribution in [0.15, 0.2) is 54.6 Å². The van der Waals surface area contributed by atoms with Crippen LogP contribution in [-0.2, 0) is 15.9 Å². The van der Waals surface area contributed by atoms with Crippen molar-refractivity contribution < 1.29 is 14.3 Å². The van der Waals surface area contributed by atoms with Gasteiger partial charge < -0.3 is 14.4 Å². The fourth-order valence-corrected chi connectivity index (χ4v) is 5.69. The number of amides is 1. The van der Waals surface area contributed by atoms with Gasteiger partial charge in [0.2, 0.25) is 0 Å². The van der Waals surface area contributed by atoms with Crippen LogP contribution < -0.4 is 0 Å². The molecule has 162 valence electrons. The summed E-state index contributed by atoms with van der Waals surface area (Å²) in [7, 11) is 0. The van der Waals surface area contributed by atoms with Crippen LogP contribution in [0, 0.1) is 0 Å². The molecular weight excluding hydrogens is 408 g/mol. The Labute approximate surface area is 187 Å². The number of fused-ring (bicyclic) bond motifs is 1. The maximum Gasteiger partial charge on any atom is 0.264 e. The molecule has 2 aliphatic rings. The van der Waals surface area contributed by atoms with Crippen molar-refractivity contribution in [3.05, 3.63) is 70.6 Å². The lowest BCUT2D eigenvalue weighted by molar-refractivity contribution is -0.0291. The second kappa shape index (κ2) is 9.49. The van der Waals surface area contributed by atoms with Crippen molar-refractivity contribution in [2.75, 3.05) is 52.5 Å². The van der Waals surface area contributed by atoms with Crippen molar-refractivity contribution in [1.29, 1.82) is 0 Å². The van der Waals surface area contributed by atoms with Crippen LogP contribution in [0.25, 0.3) is 10.1 Å². The highest BCUT2D eigenvalue weighted by atomic mass is 32.1. The fraction of sp³-hybridized carbons (Fsp3) is 0.400. The van der Waals surface area contributed by atoms with E-state index < -0.39 is 0 Å². The van der Waals surface area contributed by atoms with Gasteiger partial charge in [-0.2, -0.15) is 0 Å². The number of morpholine rings is 2. The number of hydrogen-bond donors (Lipinski definition) is 0. The summed E-state index contributed by atoms with van der Waals surface area (Å²) >= 11 is 1.60. The molecule has 2 saturated heterocycles. The zero-order valence-electron chi connectivity index (χ0n) is 17.7. The molecule has 0 radical (unpaired) electrons. The SMILES string of the molecule is O=C(c1sc2ccccc2c1C1CN(CCc2ccccc2)CCO1)N1CCOCC1. The third-order valence-corrected chi connectivity index (χ3v) is 7.33. The van der Waals surface area contributed by atoms with E-state index in [2.05, 4.69) is 53.4 Å². The molecule has 31 heavy (non-hydrogen) atoms. The summed E-state index contributed by atoms with van der Waals surface area (Å²) < 4.78 is 12.9. The smallest absolute Gasteiger partial charge is 0.264 e. The number of ether oxygens (including phenoxy) is 2. The van der Waals surface area contributed by atoms with Crippen LogP contribution >= 0.6 is 11.3 Å². The number of nitrogens with zero attached hydrogens (tertiary/aromatic N) is 2. The Morgan fingerprint density at radius 1 is 0.968 bits per heavy atom. The van der Waals surface area contributed by atoms with Gasteiger partial charge in [-0.15, -0.1) is 11.3 Å². The van der Waals surface area contributed by atoms with E-state index in [1.807, 2.05) is 11.0 Å². The quantitative estimate of drug-likeness (QED) is 0.607. The normalized spacial score (nSPS) is 20.3. The van der Waals surface area contributed by atoms with Gasteiger partial charge in [0.05, 0.1) is 30.8 Å². The highest BCUT2D eigenvalue weighted by Gasteiger charge is 2.31. The first kappa shape index (κ1) is 20.6. The minimum Gasteiger partial charge on any atom is -0.378 e. The zero-order chi connectivity index (χ0) is 21.0. The summed E-state index contributed by atoms with van der Waals surface area (Å²) in [6.07, 6.45) is 0.943. The van der Waals surface area contributed by atoms with E-state index in [1.54, 1.807) is 11.3 Å². The van der Waals surface area contributed by atoms with Gasteiger partial charge in [0.1, 0.15) is 0 Å². The summed E-state index contributed by atoms with van der Waals surface area (Å²) in [6.45, 7) is 5.96. The van der Waals surface area contributed by atoms with Crippen LogP contribution in [0.3, 0.4) is 0 Å². The molecule has 1 unspecified atom stereocenters. The molecule has 0 spiro atoms. The molecule has 2 fully saturated rings. The van der Waals surface area contributed by atoms with Crippen molar-refractivity contribution in [3.8, 4) is 0 Å². The molecular formula is C25H28N2O3S. The molecule has 5 rings (SSSR count). The molecule has 6 heteroatoms. The molecule has 2 aromatic carbocycles. The summed E-state index contributed by atoms with van der Waals surface area (Å²) in [5.41, 5.74) is 2.43. The lowest BCUT2D eigenvalue weighted by Gasteiger charge is -2.34. The monoisotopic (exact) mass is 436 g/mol. The van der Waals surface area contributed by atoms with Crippen LogP contribution in [-0.4, -0.2) is 68.3 Å². The van der Waals surface area contributed by atoms with Gasteiger partial charge in [-0.05, 0) is 23.4 Å². The first-order valence-electron chi connectivity index (χ1n) is 11.1. The second-order valence-electron chi connectivity index (χ2n) is 8.14. The molecule has 3 aromatic rings. The Morgan fingerprint density at radius 2 is 1.74 bits per heavy atom. The van der Waals surface area contributed by atoms with E-state index in [4.69, 9.17) is 9.47 Å². The molecule has 0 saturated carbocycles. The van der Waals surface area contributed by atoms with Gasteiger partial charge in [-0.25, -0.2) is 0 Å². The number of benzene rings is 2. The van der Waals surface area contributed by atoms with Crippen LogP contribution in [0.4, 0.5) is 0 Å². The van der Waals surface area contributed by atoms with Crippen LogP contribution in [0.2, 0.25) is 0 Å². The molecule has 5 nitrogen and oxygen atoms in total. The summed E-state index contributed by atoms with van der Waals surface area (Å²) in [5, 5.41) is 1.15. The van der Waals surface area contributed by atoms with E-state index in [0.717, 1.165) is 46.6 Å². The Bertz CT molecular complexity index is 1030. The van der Waals surface area contributed by atoms with Crippen LogP contribution in [0.5, 0.6) is 0 Å². The van der Waals surface area contributed by atoms with Gasteiger partial charge in [-0.3, -0.25) is 9.69 Å².